The van der Waals surface area contributed by atoms with Crippen molar-refractivity contribution in [3.05, 3.63) is 212 Å². The van der Waals surface area contributed by atoms with Crippen LogP contribution in [0.3, 0.4) is 0 Å². The van der Waals surface area contributed by atoms with Crippen LogP contribution in [0, 0.1) is 0 Å². The molecule has 0 bridgehead atoms. The largest absolute Gasteiger partial charge is 0.208 e. The van der Waals surface area contributed by atoms with Crippen molar-refractivity contribution < 1.29 is 0 Å². The van der Waals surface area contributed by atoms with Gasteiger partial charge in [0.2, 0.25) is 0 Å². The van der Waals surface area contributed by atoms with Gasteiger partial charge in [-0.05, 0) is 96.4 Å². The minimum Gasteiger partial charge on any atom is -0.208 e. The van der Waals surface area contributed by atoms with Gasteiger partial charge in [-0.15, -0.1) is 0 Å². The van der Waals surface area contributed by atoms with E-state index in [4.69, 9.17) is 15.0 Å². The van der Waals surface area contributed by atoms with E-state index in [9.17, 15) is 0 Å². The molecule has 0 amide bonds. The van der Waals surface area contributed by atoms with Crippen molar-refractivity contribution in [3.8, 4) is 78.7 Å². The highest BCUT2D eigenvalue weighted by molar-refractivity contribution is 6.03. The first-order valence-electron chi connectivity index (χ1n) is 18.9. The van der Waals surface area contributed by atoms with E-state index in [0.29, 0.717) is 17.5 Å². The van der Waals surface area contributed by atoms with Crippen molar-refractivity contribution in [2.45, 2.75) is 0 Å². The molecule has 0 fully saturated rings. The maximum Gasteiger partial charge on any atom is 0.164 e. The van der Waals surface area contributed by atoms with E-state index in [-0.39, 0.29) is 0 Å². The quantitative estimate of drug-likeness (QED) is 0.165. The zero-order valence-electron chi connectivity index (χ0n) is 30.5. The van der Waals surface area contributed by atoms with Gasteiger partial charge in [-0.25, -0.2) is 15.0 Å². The molecule has 0 spiro atoms. The second-order valence-corrected chi connectivity index (χ2v) is 14.1. The number of benzene rings is 9. The van der Waals surface area contributed by atoms with Gasteiger partial charge in [-0.3, -0.25) is 0 Å². The Labute approximate surface area is 326 Å². The van der Waals surface area contributed by atoms with Crippen LogP contribution in [-0.2, 0) is 0 Å². The van der Waals surface area contributed by atoms with Gasteiger partial charge in [-0.2, -0.15) is 0 Å². The van der Waals surface area contributed by atoms with Crippen LogP contribution in [0.5, 0.6) is 0 Å². The standard InChI is InChI=1S/C53H35N3/c1-4-15-36(16-5-1)39-22-14-23-40(31-39)41-27-28-43-33-45(30-29-42(43)32-41)52-54-51(38-19-8-3-9-20-38)55-53(56-52)46-34-44-21-10-11-25-48(44)50(35-46)49-26-13-12-24-47(49)37-17-6-2-7-18-37/h1-35H. The maximum absolute atomic E-state index is 5.21. The highest BCUT2D eigenvalue weighted by atomic mass is 15.0. The van der Waals surface area contributed by atoms with E-state index >= 15 is 0 Å². The summed E-state index contributed by atoms with van der Waals surface area (Å²) in [5.74, 6) is 1.90. The van der Waals surface area contributed by atoms with E-state index < -0.39 is 0 Å². The molecule has 0 aliphatic carbocycles. The molecular formula is C53H35N3. The van der Waals surface area contributed by atoms with Crippen molar-refractivity contribution in [1.29, 1.82) is 0 Å². The number of fused-ring (bicyclic) bond motifs is 2. The van der Waals surface area contributed by atoms with Crippen LogP contribution in [0.2, 0.25) is 0 Å². The molecule has 3 heteroatoms. The van der Waals surface area contributed by atoms with Gasteiger partial charge in [0.25, 0.3) is 0 Å². The third kappa shape index (κ3) is 6.42. The van der Waals surface area contributed by atoms with Crippen molar-refractivity contribution in [2.24, 2.45) is 0 Å². The zero-order chi connectivity index (χ0) is 37.3. The summed E-state index contributed by atoms with van der Waals surface area (Å²) in [7, 11) is 0. The van der Waals surface area contributed by atoms with Gasteiger partial charge in [0.05, 0.1) is 0 Å². The van der Waals surface area contributed by atoms with E-state index in [1.54, 1.807) is 0 Å². The molecule has 10 aromatic rings. The zero-order valence-corrected chi connectivity index (χ0v) is 30.5. The second-order valence-electron chi connectivity index (χ2n) is 14.1. The topological polar surface area (TPSA) is 38.7 Å². The fraction of sp³-hybridized carbons (Fsp3) is 0. The van der Waals surface area contributed by atoms with Crippen LogP contribution in [0.1, 0.15) is 0 Å². The van der Waals surface area contributed by atoms with Crippen LogP contribution in [0.4, 0.5) is 0 Å². The summed E-state index contributed by atoms with van der Waals surface area (Å²) < 4.78 is 0. The monoisotopic (exact) mass is 713 g/mol. The highest BCUT2D eigenvalue weighted by Gasteiger charge is 2.17. The molecule has 10 rings (SSSR count). The lowest BCUT2D eigenvalue weighted by Crippen LogP contribution is -2.00. The molecule has 0 aliphatic rings. The molecule has 9 aromatic carbocycles. The summed E-state index contributed by atoms with van der Waals surface area (Å²) in [6, 6.07) is 74.8. The SMILES string of the molecule is c1ccc(-c2cccc(-c3ccc4cc(-c5nc(-c6ccccc6)nc(-c6cc(-c7ccccc7-c7ccccc7)c7ccccc7c6)n5)ccc4c3)c2)cc1. The van der Waals surface area contributed by atoms with Crippen LogP contribution in [0.25, 0.3) is 100 Å². The lowest BCUT2D eigenvalue weighted by Gasteiger charge is -2.15. The molecule has 0 saturated heterocycles. The molecule has 56 heavy (non-hydrogen) atoms. The Balaban J connectivity index is 1.09. The van der Waals surface area contributed by atoms with Crippen LogP contribution >= 0.6 is 0 Å². The third-order valence-corrected chi connectivity index (χ3v) is 10.5. The molecule has 1 heterocycles. The summed E-state index contributed by atoms with van der Waals surface area (Å²) in [5, 5.41) is 4.59. The summed E-state index contributed by atoms with van der Waals surface area (Å²) in [6.07, 6.45) is 0. The first-order valence-corrected chi connectivity index (χ1v) is 18.9. The summed E-state index contributed by atoms with van der Waals surface area (Å²) >= 11 is 0. The minimum atomic E-state index is 0.631. The van der Waals surface area contributed by atoms with Crippen LogP contribution < -0.4 is 0 Å². The first-order chi connectivity index (χ1) is 27.7. The van der Waals surface area contributed by atoms with E-state index in [1.807, 2.05) is 18.2 Å². The molecular weight excluding hydrogens is 679 g/mol. The van der Waals surface area contributed by atoms with Gasteiger partial charge in [0.15, 0.2) is 17.5 Å². The third-order valence-electron chi connectivity index (χ3n) is 10.5. The first kappa shape index (κ1) is 33.1. The van der Waals surface area contributed by atoms with Gasteiger partial charge >= 0.3 is 0 Å². The average Bonchev–Trinajstić information content (AvgIpc) is 3.29. The smallest absolute Gasteiger partial charge is 0.164 e. The van der Waals surface area contributed by atoms with E-state index in [2.05, 4.69) is 194 Å². The molecule has 0 unspecified atom stereocenters. The Bertz CT molecular complexity index is 3010. The highest BCUT2D eigenvalue weighted by Crippen LogP contribution is 2.39. The Hall–Kier alpha value is -7.49. The normalized spacial score (nSPS) is 11.2. The predicted octanol–water partition coefficient (Wildman–Crippen LogP) is 13.8. The van der Waals surface area contributed by atoms with Gasteiger partial charge in [0.1, 0.15) is 0 Å². The number of aromatic nitrogens is 3. The van der Waals surface area contributed by atoms with Crippen molar-refractivity contribution >= 4 is 21.5 Å². The Kier molecular flexibility index (Phi) is 8.51. The fourth-order valence-corrected chi connectivity index (χ4v) is 7.67. The molecule has 0 radical (unpaired) electrons. The Morgan fingerprint density at radius 1 is 0.214 bits per heavy atom. The molecule has 3 nitrogen and oxygen atoms in total. The van der Waals surface area contributed by atoms with Gasteiger partial charge in [-0.1, -0.05) is 182 Å². The predicted molar refractivity (Wildman–Crippen MR) is 233 cm³/mol. The van der Waals surface area contributed by atoms with Crippen molar-refractivity contribution in [3.63, 3.8) is 0 Å². The van der Waals surface area contributed by atoms with Crippen molar-refractivity contribution in [2.75, 3.05) is 0 Å². The lowest BCUT2D eigenvalue weighted by atomic mass is 9.90. The summed E-state index contributed by atoms with van der Waals surface area (Å²) in [5.41, 5.74) is 12.3. The average molecular weight is 714 g/mol. The number of hydrogen-bond acceptors (Lipinski definition) is 3. The number of rotatable bonds is 7. The van der Waals surface area contributed by atoms with E-state index in [0.717, 1.165) is 44.0 Å². The fourth-order valence-electron chi connectivity index (χ4n) is 7.67. The molecule has 1 aromatic heterocycles. The van der Waals surface area contributed by atoms with Crippen LogP contribution in [0.15, 0.2) is 212 Å². The van der Waals surface area contributed by atoms with Gasteiger partial charge in [0, 0.05) is 16.7 Å². The summed E-state index contributed by atoms with van der Waals surface area (Å²) in [4.78, 5) is 15.4. The minimum absolute atomic E-state index is 0.631. The molecule has 262 valence electrons. The van der Waals surface area contributed by atoms with E-state index in [1.165, 1.54) is 38.8 Å². The second kappa shape index (κ2) is 14.4. The number of hydrogen-bond donors (Lipinski definition) is 0. The van der Waals surface area contributed by atoms with Crippen molar-refractivity contribution in [1.82, 2.24) is 15.0 Å². The summed E-state index contributed by atoms with van der Waals surface area (Å²) in [6.45, 7) is 0. The number of nitrogens with zero attached hydrogens (tertiary/aromatic N) is 3. The molecule has 0 aliphatic heterocycles. The van der Waals surface area contributed by atoms with Crippen LogP contribution in [-0.4, -0.2) is 15.0 Å². The lowest BCUT2D eigenvalue weighted by molar-refractivity contribution is 1.08. The molecule has 0 saturated carbocycles. The van der Waals surface area contributed by atoms with Gasteiger partial charge < -0.3 is 0 Å². The molecule has 0 N–H and O–H groups in total. The Morgan fingerprint density at radius 3 is 1.39 bits per heavy atom. The molecule has 0 atom stereocenters. The maximum atomic E-state index is 5.21. The Morgan fingerprint density at radius 2 is 0.679 bits per heavy atom.